The Morgan fingerprint density at radius 3 is 1.32 bits per heavy atom. The molecule has 0 aliphatic heterocycles. The Hall–Kier alpha value is -9.76. The van der Waals surface area contributed by atoms with Crippen LogP contribution in [-0.2, 0) is 10.8 Å². The predicted molar refractivity (Wildman–Crippen MR) is 313 cm³/mol. The summed E-state index contributed by atoms with van der Waals surface area (Å²) in [6.45, 7) is 0. The number of benzene rings is 12. The van der Waals surface area contributed by atoms with Gasteiger partial charge in [-0.2, -0.15) is 0 Å². The van der Waals surface area contributed by atoms with Crippen molar-refractivity contribution in [3.8, 4) is 55.6 Å². The lowest BCUT2D eigenvalue weighted by Crippen LogP contribution is -2.28. The molecule has 0 fully saturated rings. The topological polar surface area (TPSA) is 16.4 Å². The lowest BCUT2D eigenvalue weighted by molar-refractivity contribution is 0.669. The summed E-state index contributed by atoms with van der Waals surface area (Å²) >= 11 is 0. The summed E-state index contributed by atoms with van der Waals surface area (Å²) in [6.07, 6.45) is 0. The van der Waals surface area contributed by atoms with Crippen molar-refractivity contribution in [3.63, 3.8) is 0 Å². The smallest absolute Gasteiger partial charge is 0.135 e. The monoisotopic (exact) mass is 965 g/mol. The molecule has 354 valence electrons. The van der Waals surface area contributed by atoms with Crippen LogP contribution in [0.4, 0.5) is 17.1 Å². The standard InChI is InChI=1S/C74H47NO/c1-3-18-48(19-4-1)50-34-38-52(39-35-50)73(53-40-36-51(37-41-53)49-20-5-2-6-21-49)63-27-12-9-24-58(63)61-46-54(42-44-67(61)73)75(55-43-45-71-62(47-55)59-25-11-16-33-70(59)76-71)69-32-17-31-68-72(69)60-26-10-15-30-66(60)74(68)64-28-13-7-22-56(64)57-23-8-14-29-65(57)74/h1-47H. The number of hydrogen-bond donors (Lipinski definition) is 0. The molecule has 3 aliphatic carbocycles. The van der Waals surface area contributed by atoms with Crippen molar-refractivity contribution in [2.24, 2.45) is 0 Å². The van der Waals surface area contributed by atoms with Crippen molar-refractivity contribution in [2.45, 2.75) is 10.8 Å². The average molecular weight is 966 g/mol. The van der Waals surface area contributed by atoms with Gasteiger partial charge in [0.25, 0.3) is 0 Å². The van der Waals surface area contributed by atoms with Gasteiger partial charge >= 0.3 is 0 Å². The third kappa shape index (κ3) is 5.87. The molecule has 2 heteroatoms. The van der Waals surface area contributed by atoms with E-state index in [9.17, 15) is 0 Å². The van der Waals surface area contributed by atoms with E-state index in [1.165, 1.54) is 100 Å². The van der Waals surface area contributed by atoms with Gasteiger partial charge in [0.05, 0.1) is 16.5 Å². The molecule has 0 amide bonds. The summed E-state index contributed by atoms with van der Waals surface area (Å²) in [5.41, 5.74) is 26.5. The van der Waals surface area contributed by atoms with Crippen molar-refractivity contribution in [3.05, 3.63) is 330 Å². The van der Waals surface area contributed by atoms with Crippen molar-refractivity contribution >= 4 is 39.0 Å². The Kier molecular flexibility index (Phi) is 9.20. The third-order valence-electron chi connectivity index (χ3n) is 17.0. The molecule has 0 atom stereocenters. The van der Waals surface area contributed by atoms with Crippen molar-refractivity contribution < 1.29 is 4.42 Å². The lowest BCUT2D eigenvalue weighted by atomic mass is 9.67. The number of anilines is 3. The zero-order chi connectivity index (χ0) is 50.0. The van der Waals surface area contributed by atoms with Gasteiger partial charge in [-0.1, -0.05) is 243 Å². The number of hydrogen-bond acceptors (Lipinski definition) is 2. The van der Waals surface area contributed by atoms with Crippen LogP contribution in [0.25, 0.3) is 77.6 Å². The molecule has 0 saturated heterocycles. The fourth-order valence-corrected chi connectivity index (χ4v) is 13.9. The van der Waals surface area contributed by atoms with E-state index in [2.05, 4.69) is 290 Å². The van der Waals surface area contributed by atoms with Gasteiger partial charge in [0.2, 0.25) is 0 Å². The van der Waals surface area contributed by atoms with E-state index in [1.807, 2.05) is 0 Å². The van der Waals surface area contributed by atoms with Gasteiger partial charge in [0.15, 0.2) is 0 Å². The van der Waals surface area contributed by atoms with Crippen LogP contribution in [0.2, 0.25) is 0 Å². The van der Waals surface area contributed by atoms with Gasteiger partial charge in [0.1, 0.15) is 11.2 Å². The fourth-order valence-electron chi connectivity index (χ4n) is 13.9. The highest BCUT2D eigenvalue weighted by atomic mass is 16.3. The normalized spacial score (nSPS) is 13.7. The molecule has 0 saturated carbocycles. The maximum absolute atomic E-state index is 6.50. The van der Waals surface area contributed by atoms with E-state index < -0.39 is 10.8 Å². The maximum Gasteiger partial charge on any atom is 0.135 e. The predicted octanol–water partition coefficient (Wildman–Crippen LogP) is 19.1. The van der Waals surface area contributed by atoms with Crippen LogP contribution in [0.1, 0.15) is 44.5 Å². The number of fused-ring (bicyclic) bond motifs is 16. The minimum absolute atomic E-state index is 0.492. The molecular formula is C74H47NO. The Morgan fingerprint density at radius 2 is 0.697 bits per heavy atom. The highest BCUT2D eigenvalue weighted by Crippen LogP contribution is 2.65. The van der Waals surface area contributed by atoms with Crippen LogP contribution in [0.3, 0.4) is 0 Å². The largest absolute Gasteiger partial charge is 0.456 e. The lowest BCUT2D eigenvalue weighted by Gasteiger charge is -2.35. The van der Waals surface area contributed by atoms with Crippen molar-refractivity contribution in [1.29, 1.82) is 0 Å². The molecule has 76 heavy (non-hydrogen) atoms. The van der Waals surface area contributed by atoms with Crippen LogP contribution < -0.4 is 4.90 Å². The van der Waals surface area contributed by atoms with Crippen LogP contribution >= 0.6 is 0 Å². The van der Waals surface area contributed by atoms with E-state index in [4.69, 9.17) is 4.42 Å². The molecule has 3 aliphatic rings. The van der Waals surface area contributed by atoms with Crippen molar-refractivity contribution in [1.82, 2.24) is 0 Å². The van der Waals surface area contributed by atoms with Gasteiger partial charge in [-0.15, -0.1) is 0 Å². The van der Waals surface area contributed by atoms with Gasteiger partial charge in [-0.05, 0) is 137 Å². The second-order valence-electron chi connectivity index (χ2n) is 20.6. The second kappa shape index (κ2) is 16.4. The molecule has 0 N–H and O–H groups in total. The molecule has 13 aromatic rings. The molecule has 1 heterocycles. The average Bonchev–Trinajstić information content (AvgIpc) is 4.40. The molecule has 0 radical (unpaired) electrons. The zero-order valence-corrected chi connectivity index (χ0v) is 41.5. The van der Waals surface area contributed by atoms with Crippen LogP contribution in [0, 0.1) is 0 Å². The molecule has 1 aromatic heterocycles. The van der Waals surface area contributed by atoms with E-state index in [-0.39, 0.29) is 0 Å². The first-order chi connectivity index (χ1) is 37.7. The first-order valence-electron chi connectivity index (χ1n) is 26.4. The SMILES string of the molecule is c1ccc(-c2ccc(C3(c4ccc(-c5ccccc5)cc4)c4ccccc4-c4cc(N(c5ccc6oc7ccccc7c6c5)c5cccc6c5-c5ccccc5C65c6ccccc6-c6ccccc65)ccc43)cc2)cc1. The summed E-state index contributed by atoms with van der Waals surface area (Å²) in [5, 5.41) is 2.19. The van der Waals surface area contributed by atoms with E-state index >= 15 is 0 Å². The summed E-state index contributed by atoms with van der Waals surface area (Å²) in [4.78, 5) is 2.52. The number of para-hydroxylation sites is 1. The minimum Gasteiger partial charge on any atom is -0.456 e. The maximum atomic E-state index is 6.50. The molecule has 2 nitrogen and oxygen atoms in total. The van der Waals surface area contributed by atoms with Crippen molar-refractivity contribution in [2.75, 3.05) is 4.90 Å². The summed E-state index contributed by atoms with van der Waals surface area (Å²) in [5.74, 6) is 0. The Balaban J connectivity index is 0.955. The molecule has 1 spiro atoms. The Labute approximate surface area is 442 Å². The van der Waals surface area contributed by atoms with Crippen LogP contribution in [0.5, 0.6) is 0 Å². The highest BCUT2D eigenvalue weighted by Gasteiger charge is 2.53. The molecule has 0 unspecified atom stereocenters. The van der Waals surface area contributed by atoms with Gasteiger partial charge in [-0.3, -0.25) is 0 Å². The molecule has 12 aromatic carbocycles. The van der Waals surface area contributed by atoms with Crippen LogP contribution in [-0.4, -0.2) is 0 Å². The van der Waals surface area contributed by atoms with E-state index in [0.29, 0.717) is 0 Å². The number of nitrogens with zero attached hydrogens (tertiary/aromatic N) is 1. The summed E-state index contributed by atoms with van der Waals surface area (Å²) in [7, 11) is 0. The van der Waals surface area contributed by atoms with Gasteiger partial charge < -0.3 is 9.32 Å². The molecular weight excluding hydrogens is 919 g/mol. The first kappa shape index (κ1) is 42.7. The summed E-state index contributed by atoms with van der Waals surface area (Å²) in [6, 6.07) is 106. The Bertz CT molecular complexity index is 4320. The first-order valence-corrected chi connectivity index (χ1v) is 26.4. The quantitative estimate of drug-likeness (QED) is 0.158. The number of rotatable bonds is 7. The molecule has 0 bridgehead atoms. The van der Waals surface area contributed by atoms with Gasteiger partial charge in [0, 0.05) is 27.7 Å². The van der Waals surface area contributed by atoms with E-state index in [1.54, 1.807) is 0 Å². The second-order valence-corrected chi connectivity index (χ2v) is 20.6. The summed E-state index contributed by atoms with van der Waals surface area (Å²) < 4.78 is 6.50. The number of furan rings is 1. The zero-order valence-electron chi connectivity index (χ0n) is 41.5. The van der Waals surface area contributed by atoms with E-state index in [0.717, 1.165) is 39.0 Å². The third-order valence-corrected chi connectivity index (χ3v) is 17.0. The molecule has 16 rings (SSSR count). The van der Waals surface area contributed by atoms with Gasteiger partial charge in [-0.25, -0.2) is 0 Å². The minimum atomic E-state index is -0.614. The fraction of sp³-hybridized carbons (Fsp3) is 0.0270. The highest BCUT2D eigenvalue weighted by molar-refractivity contribution is 6.08. The Morgan fingerprint density at radius 1 is 0.263 bits per heavy atom. The van der Waals surface area contributed by atoms with Crippen LogP contribution in [0.15, 0.2) is 290 Å².